The van der Waals surface area contributed by atoms with E-state index in [0.29, 0.717) is 11.3 Å². The van der Waals surface area contributed by atoms with E-state index < -0.39 is 18.1 Å². The minimum absolute atomic E-state index is 0.0865. The highest BCUT2D eigenvalue weighted by molar-refractivity contribution is 5.82. The van der Waals surface area contributed by atoms with Gasteiger partial charge in [0.25, 0.3) is 0 Å². The monoisotopic (exact) mass is 391 g/mol. The average molecular weight is 391 g/mol. The van der Waals surface area contributed by atoms with Crippen molar-refractivity contribution >= 4 is 12.1 Å². The number of aromatic nitrogens is 2. The van der Waals surface area contributed by atoms with Crippen molar-refractivity contribution in [3.63, 3.8) is 0 Å². The molecule has 1 aliphatic carbocycles. The fourth-order valence-electron chi connectivity index (χ4n) is 3.93. The SMILES string of the molecule is Cc1nn(C)cc1C(NC(=O)OCC1c2ccccc2-c2ccccc21)C(=O)O. The highest BCUT2D eigenvalue weighted by Crippen LogP contribution is 2.44. The molecule has 29 heavy (non-hydrogen) atoms. The number of rotatable bonds is 5. The van der Waals surface area contributed by atoms with E-state index in [1.165, 1.54) is 4.68 Å². The van der Waals surface area contributed by atoms with Crippen molar-refractivity contribution in [2.45, 2.75) is 18.9 Å². The predicted octanol–water partition coefficient (Wildman–Crippen LogP) is 3.39. The van der Waals surface area contributed by atoms with Crippen molar-refractivity contribution in [1.29, 1.82) is 0 Å². The highest BCUT2D eigenvalue weighted by Gasteiger charge is 2.30. The number of nitrogens with one attached hydrogen (secondary N) is 1. The third kappa shape index (κ3) is 3.47. The zero-order valence-corrected chi connectivity index (χ0v) is 16.1. The van der Waals surface area contributed by atoms with E-state index in [4.69, 9.17) is 4.74 Å². The Kier molecular flexibility index (Phi) is 4.80. The normalized spacial score (nSPS) is 13.4. The van der Waals surface area contributed by atoms with Crippen molar-refractivity contribution < 1.29 is 19.4 Å². The van der Waals surface area contributed by atoms with Gasteiger partial charge in [-0.15, -0.1) is 0 Å². The lowest BCUT2D eigenvalue weighted by atomic mass is 9.98. The molecule has 0 radical (unpaired) electrons. The number of nitrogens with zero attached hydrogens (tertiary/aromatic N) is 2. The van der Waals surface area contributed by atoms with Gasteiger partial charge in [0.15, 0.2) is 6.04 Å². The second-order valence-corrected chi connectivity index (χ2v) is 7.08. The van der Waals surface area contributed by atoms with Gasteiger partial charge in [-0.2, -0.15) is 5.10 Å². The standard InChI is InChI=1S/C22H21N3O4/c1-13-18(11-25(2)24-13)20(21(26)27)23-22(28)29-12-19-16-9-5-3-7-14(16)15-8-4-6-10-17(15)19/h3-11,19-20H,12H2,1-2H3,(H,23,28)(H,26,27). The molecule has 7 heteroatoms. The van der Waals surface area contributed by atoms with Crippen molar-refractivity contribution in [2.24, 2.45) is 7.05 Å². The summed E-state index contributed by atoms with van der Waals surface area (Å²) >= 11 is 0. The largest absolute Gasteiger partial charge is 0.479 e. The highest BCUT2D eigenvalue weighted by atomic mass is 16.5. The predicted molar refractivity (Wildman–Crippen MR) is 107 cm³/mol. The molecular weight excluding hydrogens is 370 g/mol. The lowest BCUT2D eigenvalue weighted by Gasteiger charge is -2.17. The number of hydrogen-bond acceptors (Lipinski definition) is 4. The van der Waals surface area contributed by atoms with Gasteiger partial charge in [-0.05, 0) is 29.2 Å². The van der Waals surface area contributed by atoms with Crippen molar-refractivity contribution in [1.82, 2.24) is 15.1 Å². The zero-order chi connectivity index (χ0) is 20.5. The maximum absolute atomic E-state index is 12.4. The summed E-state index contributed by atoms with van der Waals surface area (Å²) in [4.78, 5) is 24.1. The van der Waals surface area contributed by atoms with Crippen LogP contribution in [0.15, 0.2) is 54.7 Å². The Balaban J connectivity index is 1.50. The van der Waals surface area contributed by atoms with E-state index in [1.807, 2.05) is 36.4 Å². The number of alkyl carbamates (subject to hydrolysis) is 1. The maximum Gasteiger partial charge on any atom is 0.408 e. The number of carboxylic acids is 1. The second-order valence-electron chi connectivity index (χ2n) is 7.08. The Labute approximate surface area is 167 Å². The van der Waals surface area contributed by atoms with E-state index in [9.17, 15) is 14.7 Å². The van der Waals surface area contributed by atoms with Crippen LogP contribution in [0.3, 0.4) is 0 Å². The summed E-state index contributed by atoms with van der Waals surface area (Å²) in [5, 5.41) is 16.1. The minimum atomic E-state index is -1.22. The van der Waals surface area contributed by atoms with Crippen LogP contribution in [0.2, 0.25) is 0 Å². The Morgan fingerprint density at radius 2 is 1.72 bits per heavy atom. The molecule has 3 aromatic rings. The van der Waals surface area contributed by atoms with Crippen LogP contribution < -0.4 is 5.32 Å². The number of aryl methyl sites for hydroxylation is 2. The number of carbonyl (C=O) groups excluding carboxylic acids is 1. The van der Waals surface area contributed by atoms with Crippen LogP contribution in [0, 0.1) is 6.92 Å². The van der Waals surface area contributed by atoms with Crippen LogP contribution >= 0.6 is 0 Å². The van der Waals surface area contributed by atoms with Crippen LogP contribution in [0.25, 0.3) is 11.1 Å². The van der Waals surface area contributed by atoms with Gasteiger partial charge in [-0.3, -0.25) is 4.68 Å². The van der Waals surface area contributed by atoms with Gasteiger partial charge in [-0.25, -0.2) is 9.59 Å². The third-order valence-electron chi connectivity index (χ3n) is 5.22. The lowest BCUT2D eigenvalue weighted by molar-refractivity contribution is -0.139. The number of carboxylic acid groups (broad SMARTS) is 1. The molecule has 0 saturated heterocycles. The maximum atomic E-state index is 12.4. The smallest absolute Gasteiger partial charge is 0.408 e. The first-order valence-electron chi connectivity index (χ1n) is 9.30. The van der Waals surface area contributed by atoms with Crippen molar-refractivity contribution in [2.75, 3.05) is 6.61 Å². The van der Waals surface area contributed by atoms with E-state index in [-0.39, 0.29) is 12.5 Å². The van der Waals surface area contributed by atoms with E-state index >= 15 is 0 Å². The molecule has 1 aliphatic rings. The quantitative estimate of drug-likeness (QED) is 0.695. The number of benzene rings is 2. The Morgan fingerprint density at radius 1 is 1.14 bits per heavy atom. The van der Waals surface area contributed by atoms with Gasteiger partial charge in [0.05, 0.1) is 5.69 Å². The molecule has 0 bridgehead atoms. The molecule has 2 N–H and O–H groups in total. The summed E-state index contributed by atoms with van der Waals surface area (Å²) in [6.07, 6.45) is 0.806. The second kappa shape index (κ2) is 7.43. The van der Waals surface area contributed by atoms with Gasteiger partial charge in [-0.1, -0.05) is 48.5 Å². The van der Waals surface area contributed by atoms with Gasteiger partial charge < -0.3 is 15.2 Å². The number of hydrogen-bond donors (Lipinski definition) is 2. The van der Waals surface area contributed by atoms with E-state index in [2.05, 4.69) is 22.5 Å². The average Bonchev–Trinajstić information content (AvgIpc) is 3.20. The van der Waals surface area contributed by atoms with Gasteiger partial charge in [0, 0.05) is 24.7 Å². The Hall–Kier alpha value is -3.61. The van der Waals surface area contributed by atoms with Crippen molar-refractivity contribution in [3.8, 4) is 11.1 Å². The molecule has 0 aliphatic heterocycles. The van der Waals surface area contributed by atoms with Crippen LogP contribution in [-0.4, -0.2) is 33.6 Å². The molecule has 0 spiro atoms. The summed E-state index contributed by atoms with van der Waals surface area (Å²) in [5.41, 5.74) is 5.42. The molecule has 7 nitrogen and oxygen atoms in total. The van der Waals surface area contributed by atoms with E-state index in [0.717, 1.165) is 22.3 Å². The molecule has 0 fully saturated rings. The first kappa shape index (κ1) is 18.7. The zero-order valence-electron chi connectivity index (χ0n) is 16.1. The van der Waals surface area contributed by atoms with Crippen LogP contribution in [0.1, 0.15) is 34.3 Å². The fourth-order valence-corrected chi connectivity index (χ4v) is 3.93. The Bertz CT molecular complexity index is 1040. The summed E-state index contributed by atoms with van der Waals surface area (Å²) in [6.45, 7) is 1.82. The topological polar surface area (TPSA) is 93.5 Å². The molecule has 148 valence electrons. The van der Waals surface area contributed by atoms with Crippen LogP contribution in [-0.2, 0) is 16.6 Å². The van der Waals surface area contributed by atoms with Gasteiger partial charge in [0.2, 0.25) is 0 Å². The van der Waals surface area contributed by atoms with Crippen LogP contribution in [0.5, 0.6) is 0 Å². The molecule has 1 atom stereocenters. The fraction of sp³-hybridized carbons (Fsp3) is 0.227. The molecule has 1 amide bonds. The molecule has 4 rings (SSSR count). The Morgan fingerprint density at radius 3 is 2.24 bits per heavy atom. The first-order valence-corrected chi connectivity index (χ1v) is 9.30. The number of ether oxygens (including phenoxy) is 1. The lowest BCUT2D eigenvalue weighted by Crippen LogP contribution is -2.35. The molecule has 2 aromatic carbocycles. The molecule has 0 saturated carbocycles. The van der Waals surface area contributed by atoms with Crippen molar-refractivity contribution in [3.05, 3.63) is 77.1 Å². The number of carbonyl (C=O) groups is 2. The summed E-state index contributed by atoms with van der Waals surface area (Å²) < 4.78 is 6.96. The minimum Gasteiger partial charge on any atom is -0.479 e. The molecule has 1 unspecified atom stereocenters. The first-order chi connectivity index (χ1) is 14.0. The van der Waals surface area contributed by atoms with Gasteiger partial charge >= 0.3 is 12.1 Å². The molecule has 1 heterocycles. The van der Waals surface area contributed by atoms with Crippen LogP contribution in [0.4, 0.5) is 4.79 Å². The van der Waals surface area contributed by atoms with E-state index in [1.54, 1.807) is 20.2 Å². The molecular formula is C22H21N3O4. The number of amides is 1. The summed E-state index contributed by atoms with van der Waals surface area (Å²) in [5.74, 6) is -1.26. The summed E-state index contributed by atoms with van der Waals surface area (Å²) in [6, 6.07) is 14.8. The molecule has 1 aromatic heterocycles. The number of aliphatic carboxylic acids is 1. The summed E-state index contributed by atoms with van der Waals surface area (Å²) in [7, 11) is 1.70. The number of fused-ring (bicyclic) bond motifs is 3. The van der Waals surface area contributed by atoms with Gasteiger partial charge in [0.1, 0.15) is 6.61 Å². The third-order valence-corrected chi connectivity index (χ3v) is 5.22.